The number of benzene rings is 4. The molecule has 0 aliphatic rings. The van der Waals surface area contributed by atoms with Crippen molar-refractivity contribution in [2.75, 3.05) is 0 Å². The van der Waals surface area contributed by atoms with Gasteiger partial charge in [-0.2, -0.15) is 0 Å². The Morgan fingerprint density at radius 1 is 0.610 bits per heavy atom. The predicted molar refractivity (Wildman–Crippen MR) is 170 cm³/mol. The van der Waals surface area contributed by atoms with Crippen LogP contribution in [0.25, 0.3) is 61.4 Å². The molecule has 0 fully saturated rings. The van der Waals surface area contributed by atoms with Gasteiger partial charge in [-0.05, 0) is 52.8 Å². The minimum absolute atomic E-state index is 0.555. The fourth-order valence-corrected chi connectivity index (χ4v) is 4.90. The second kappa shape index (κ2) is 11.3. The Morgan fingerprint density at radius 3 is 1.95 bits per heavy atom. The lowest BCUT2D eigenvalue weighted by atomic mass is 9.97. The minimum Gasteiger partial charge on any atom is -0.261 e. The molecule has 196 valence electrons. The quantitative estimate of drug-likeness (QED) is 0.194. The molecule has 0 spiro atoms. The Hall–Kier alpha value is -5.48. The molecule has 0 N–H and O–H groups in total. The summed E-state index contributed by atoms with van der Waals surface area (Å²) in [5, 5.41) is 2.38. The summed E-state index contributed by atoms with van der Waals surface area (Å²) in [6, 6.07) is 35.5. The van der Waals surface area contributed by atoms with Crippen LogP contribution in [0.5, 0.6) is 0 Å². The van der Waals surface area contributed by atoms with Gasteiger partial charge in [-0.15, -0.1) is 0 Å². The molecule has 0 radical (unpaired) electrons. The summed E-state index contributed by atoms with van der Waals surface area (Å²) in [4.78, 5) is 18.9. The van der Waals surface area contributed by atoms with Crippen LogP contribution in [0.3, 0.4) is 0 Å². The molecule has 6 aromatic rings. The number of allylic oxidation sites excluding steroid dienone is 4. The minimum atomic E-state index is 0.555. The fourth-order valence-electron chi connectivity index (χ4n) is 4.90. The molecule has 0 atom stereocenters. The summed E-state index contributed by atoms with van der Waals surface area (Å²) in [7, 11) is 0. The molecule has 2 heterocycles. The zero-order valence-corrected chi connectivity index (χ0v) is 22.8. The van der Waals surface area contributed by atoms with Gasteiger partial charge in [0, 0.05) is 34.0 Å². The first-order chi connectivity index (χ1) is 20.1. The number of nitrogens with zero attached hydrogens (tertiary/aromatic N) is 4. The zero-order chi connectivity index (χ0) is 28.2. The van der Waals surface area contributed by atoms with E-state index in [9.17, 15) is 0 Å². The molecular formula is C37H28N4. The van der Waals surface area contributed by atoms with Crippen LogP contribution in [0.4, 0.5) is 0 Å². The maximum Gasteiger partial charge on any atom is 0.164 e. The lowest BCUT2D eigenvalue weighted by Crippen LogP contribution is -2.02. The standard InChI is InChI=1S/C37H28N4/c1-4-10-26(5-2)35-39-36(30-11-7-6-8-12-30)41-37(40-35)33-14-9-13-31(23-33)27-15-17-28(18-16-27)32-20-19-29-21-22-38-25(3)34(29)24-32/h4-24H,1-2H2,3H3/b26-10+. The van der Waals surface area contributed by atoms with E-state index in [2.05, 4.69) is 85.7 Å². The first kappa shape index (κ1) is 25.8. The molecule has 4 aromatic carbocycles. The van der Waals surface area contributed by atoms with Crippen molar-refractivity contribution in [2.45, 2.75) is 6.92 Å². The van der Waals surface area contributed by atoms with Crippen molar-refractivity contribution in [1.29, 1.82) is 0 Å². The van der Waals surface area contributed by atoms with Gasteiger partial charge in [-0.1, -0.05) is 116 Å². The van der Waals surface area contributed by atoms with E-state index in [1.165, 1.54) is 16.3 Å². The summed E-state index contributed by atoms with van der Waals surface area (Å²) in [6.45, 7) is 9.82. The number of aryl methyl sites for hydroxylation is 1. The van der Waals surface area contributed by atoms with Crippen LogP contribution in [0.15, 0.2) is 141 Å². The van der Waals surface area contributed by atoms with Crippen molar-refractivity contribution in [3.63, 3.8) is 0 Å². The topological polar surface area (TPSA) is 51.6 Å². The monoisotopic (exact) mass is 528 g/mol. The van der Waals surface area contributed by atoms with E-state index in [0.29, 0.717) is 17.5 Å². The van der Waals surface area contributed by atoms with Gasteiger partial charge in [0.15, 0.2) is 17.5 Å². The summed E-state index contributed by atoms with van der Waals surface area (Å²) in [5.74, 6) is 1.77. The van der Waals surface area contributed by atoms with E-state index in [-0.39, 0.29) is 0 Å². The summed E-state index contributed by atoms with van der Waals surface area (Å²) < 4.78 is 0. The van der Waals surface area contributed by atoms with Crippen LogP contribution in [0, 0.1) is 6.92 Å². The molecule has 0 bridgehead atoms. The number of rotatable bonds is 7. The first-order valence-electron chi connectivity index (χ1n) is 13.5. The molecule has 41 heavy (non-hydrogen) atoms. The number of fused-ring (bicyclic) bond motifs is 1. The average molecular weight is 529 g/mol. The molecule has 6 rings (SSSR count). The van der Waals surface area contributed by atoms with Gasteiger partial charge in [0.2, 0.25) is 0 Å². The van der Waals surface area contributed by atoms with Gasteiger partial charge >= 0.3 is 0 Å². The van der Waals surface area contributed by atoms with Crippen molar-refractivity contribution in [1.82, 2.24) is 19.9 Å². The number of hydrogen-bond donors (Lipinski definition) is 0. The van der Waals surface area contributed by atoms with Crippen molar-refractivity contribution in [2.24, 2.45) is 0 Å². The van der Waals surface area contributed by atoms with Crippen LogP contribution < -0.4 is 0 Å². The Kier molecular flexibility index (Phi) is 7.12. The Labute approximate surface area is 240 Å². The third-order valence-electron chi connectivity index (χ3n) is 7.08. The summed E-state index contributed by atoms with van der Waals surface area (Å²) in [5.41, 5.74) is 8.19. The fraction of sp³-hybridized carbons (Fsp3) is 0.0270. The van der Waals surface area contributed by atoms with Crippen molar-refractivity contribution >= 4 is 16.3 Å². The first-order valence-corrected chi connectivity index (χ1v) is 13.5. The molecule has 0 aliphatic carbocycles. The van der Waals surface area contributed by atoms with Gasteiger partial charge in [-0.3, -0.25) is 4.98 Å². The van der Waals surface area contributed by atoms with E-state index >= 15 is 0 Å². The molecule has 4 heteroatoms. The number of aromatic nitrogens is 4. The Bertz CT molecular complexity index is 1920. The molecule has 0 saturated carbocycles. The third-order valence-corrected chi connectivity index (χ3v) is 7.08. The molecule has 0 aliphatic heterocycles. The van der Waals surface area contributed by atoms with E-state index in [0.717, 1.165) is 39.1 Å². The summed E-state index contributed by atoms with van der Waals surface area (Å²) >= 11 is 0. The normalized spacial score (nSPS) is 11.4. The van der Waals surface area contributed by atoms with E-state index < -0.39 is 0 Å². The largest absolute Gasteiger partial charge is 0.261 e. The van der Waals surface area contributed by atoms with Crippen molar-refractivity contribution in [3.8, 4) is 45.0 Å². The van der Waals surface area contributed by atoms with Crippen molar-refractivity contribution in [3.05, 3.63) is 152 Å². The van der Waals surface area contributed by atoms with Gasteiger partial charge in [0.05, 0.1) is 0 Å². The maximum atomic E-state index is 4.86. The predicted octanol–water partition coefficient (Wildman–Crippen LogP) is 9.15. The lowest BCUT2D eigenvalue weighted by Gasteiger charge is -2.10. The highest BCUT2D eigenvalue weighted by Crippen LogP contribution is 2.30. The van der Waals surface area contributed by atoms with Gasteiger partial charge < -0.3 is 0 Å². The Morgan fingerprint density at radius 2 is 1.24 bits per heavy atom. The highest BCUT2D eigenvalue weighted by Gasteiger charge is 2.13. The third kappa shape index (κ3) is 5.36. The van der Waals surface area contributed by atoms with Gasteiger partial charge in [0.25, 0.3) is 0 Å². The van der Waals surface area contributed by atoms with Crippen LogP contribution in [0.2, 0.25) is 0 Å². The lowest BCUT2D eigenvalue weighted by molar-refractivity contribution is 1.04. The number of hydrogen-bond acceptors (Lipinski definition) is 4. The Balaban J connectivity index is 1.37. The number of pyridine rings is 1. The molecule has 0 amide bonds. The zero-order valence-electron chi connectivity index (χ0n) is 22.8. The summed E-state index contributed by atoms with van der Waals surface area (Å²) in [6.07, 6.45) is 7.16. The second-order valence-corrected chi connectivity index (χ2v) is 9.72. The van der Waals surface area contributed by atoms with E-state index in [1.807, 2.05) is 54.7 Å². The molecule has 0 unspecified atom stereocenters. The van der Waals surface area contributed by atoms with Crippen LogP contribution in [-0.4, -0.2) is 19.9 Å². The smallest absolute Gasteiger partial charge is 0.164 e. The van der Waals surface area contributed by atoms with Gasteiger partial charge in [-0.25, -0.2) is 15.0 Å². The second-order valence-electron chi connectivity index (χ2n) is 9.72. The highest BCUT2D eigenvalue weighted by atomic mass is 15.0. The molecule has 2 aromatic heterocycles. The van der Waals surface area contributed by atoms with Crippen LogP contribution in [0.1, 0.15) is 11.5 Å². The van der Waals surface area contributed by atoms with Gasteiger partial charge in [0.1, 0.15) is 0 Å². The molecule has 0 saturated heterocycles. The van der Waals surface area contributed by atoms with Crippen molar-refractivity contribution < 1.29 is 0 Å². The van der Waals surface area contributed by atoms with Crippen LogP contribution >= 0.6 is 0 Å². The maximum absolute atomic E-state index is 4.86. The van der Waals surface area contributed by atoms with E-state index in [1.54, 1.807) is 12.2 Å². The molecular weight excluding hydrogens is 500 g/mol. The SMILES string of the molecule is C=C/C=C(\C=C)c1nc(-c2ccccc2)nc(-c2cccc(-c3ccc(-c4ccc5ccnc(C)c5c4)cc3)c2)n1. The molecule has 4 nitrogen and oxygen atoms in total. The van der Waals surface area contributed by atoms with Crippen LogP contribution in [-0.2, 0) is 0 Å². The average Bonchev–Trinajstić information content (AvgIpc) is 3.04. The van der Waals surface area contributed by atoms with E-state index in [4.69, 9.17) is 15.0 Å². The highest BCUT2D eigenvalue weighted by molar-refractivity contribution is 5.89.